The van der Waals surface area contributed by atoms with Crippen molar-refractivity contribution in [3.63, 3.8) is 0 Å². The number of hydrogen-bond donors (Lipinski definition) is 1. The fraction of sp³-hybridized carbons (Fsp3) is 0.667. The second kappa shape index (κ2) is 5.86. The fourth-order valence-electron chi connectivity index (χ4n) is 2.23. The van der Waals surface area contributed by atoms with Crippen LogP contribution in [0.3, 0.4) is 0 Å². The van der Waals surface area contributed by atoms with Gasteiger partial charge >= 0.3 is 0 Å². The zero-order chi connectivity index (χ0) is 13.0. The van der Waals surface area contributed by atoms with Gasteiger partial charge in [0.2, 0.25) is 5.75 Å². The zero-order valence-corrected chi connectivity index (χ0v) is 11.1. The van der Waals surface area contributed by atoms with Crippen molar-refractivity contribution in [1.29, 1.82) is 0 Å². The molecule has 0 atom stereocenters. The van der Waals surface area contributed by atoms with Crippen LogP contribution in [0.2, 0.25) is 0 Å². The SMILES string of the molecule is CNc1ncnc(N(C)C2CCOCC2)c1OC. The zero-order valence-electron chi connectivity index (χ0n) is 11.1. The molecule has 6 heteroatoms. The highest BCUT2D eigenvalue weighted by Crippen LogP contribution is 2.33. The van der Waals surface area contributed by atoms with E-state index in [9.17, 15) is 0 Å². The molecule has 1 aromatic heterocycles. The first-order chi connectivity index (χ1) is 8.77. The number of hydrogen-bond acceptors (Lipinski definition) is 6. The van der Waals surface area contributed by atoms with Crippen molar-refractivity contribution in [3.05, 3.63) is 6.33 Å². The van der Waals surface area contributed by atoms with Crippen LogP contribution in [0, 0.1) is 0 Å². The van der Waals surface area contributed by atoms with E-state index in [1.54, 1.807) is 13.4 Å². The summed E-state index contributed by atoms with van der Waals surface area (Å²) in [5.74, 6) is 2.22. The van der Waals surface area contributed by atoms with Crippen LogP contribution in [0.1, 0.15) is 12.8 Å². The highest BCUT2D eigenvalue weighted by atomic mass is 16.5. The molecule has 18 heavy (non-hydrogen) atoms. The predicted molar refractivity (Wildman–Crippen MR) is 70.4 cm³/mol. The minimum atomic E-state index is 0.437. The van der Waals surface area contributed by atoms with E-state index in [0.717, 1.165) is 31.9 Å². The highest BCUT2D eigenvalue weighted by Gasteiger charge is 2.23. The van der Waals surface area contributed by atoms with Crippen molar-refractivity contribution in [1.82, 2.24) is 9.97 Å². The molecule has 1 N–H and O–H groups in total. The van der Waals surface area contributed by atoms with E-state index in [4.69, 9.17) is 9.47 Å². The van der Waals surface area contributed by atoms with Gasteiger partial charge in [-0.05, 0) is 12.8 Å². The van der Waals surface area contributed by atoms with Crippen LogP contribution in [-0.2, 0) is 4.74 Å². The molecule has 0 bridgehead atoms. The van der Waals surface area contributed by atoms with E-state index in [1.807, 2.05) is 14.1 Å². The Morgan fingerprint density at radius 3 is 2.72 bits per heavy atom. The topological polar surface area (TPSA) is 59.5 Å². The molecule has 1 aliphatic rings. The van der Waals surface area contributed by atoms with Crippen LogP contribution in [0.15, 0.2) is 6.33 Å². The maximum Gasteiger partial charge on any atom is 0.204 e. The van der Waals surface area contributed by atoms with Gasteiger partial charge in [-0.25, -0.2) is 9.97 Å². The Balaban J connectivity index is 2.25. The molecule has 0 saturated carbocycles. The lowest BCUT2D eigenvalue weighted by Crippen LogP contribution is -2.37. The van der Waals surface area contributed by atoms with Crippen LogP contribution in [0.25, 0.3) is 0 Å². The Bertz CT molecular complexity index is 394. The predicted octanol–water partition coefficient (Wildman–Crippen LogP) is 1.14. The summed E-state index contributed by atoms with van der Waals surface area (Å²) in [5.41, 5.74) is 0. The minimum absolute atomic E-state index is 0.437. The maximum atomic E-state index is 5.42. The van der Waals surface area contributed by atoms with Gasteiger partial charge in [0.05, 0.1) is 7.11 Å². The Kier molecular flexibility index (Phi) is 4.19. The molecule has 1 aromatic rings. The molecule has 1 saturated heterocycles. The molecule has 2 rings (SSSR count). The second-order valence-electron chi connectivity index (χ2n) is 4.28. The van der Waals surface area contributed by atoms with Crippen molar-refractivity contribution in [3.8, 4) is 5.75 Å². The first-order valence-corrected chi connectivity index (χ1v) is 6.15. The summed E-state index contributed by atoms with van der Waals surface area (Å²) in [5, 5.41) is 3.02. The molecule has 1 aliphatic heterocycles. The van der Waals surface area contributed by atoms with Gasteiger partial charge in [0.1, 0.15) is 6.33 Å². The third kappa shape index (κ3) is 2.48. The average Bonchev–Trinajstić information content (AvgIpc) is 2.46. The normalized spacial score (nSPS) is 16.4. The van der Waals surface area contributed by atoms with Crippen LogP contribution in [0.5, 0.6) is 5.75 Å². The number of methoxy groups -OCH3 is 1. The smallest absolute Gasteiger partial charge is 0.204 e. The summed E-state index contributed by atoms with van der Waals surface area (Å²) in [4.78, 5) is 10.7. The molecule has 0 aromatic carbocycles. The van der Waals surface area contributed by atoms with Gasteiger partial charge in [-0.15, -0.1) is 0 Å². The van der Waals surface area contributed by atoms with E-state index in [0.29, 0.717) is 17.6 Å². The molecule has 2 heterocycles. The Labute approximate surface area is 107 Å². The molecule has 0 unspecified atom stereocenters. The number of nitrogens with zero attached hydrogens (tertiary/aromatic N) is 3. The van der Waals surface area contributed by atoms with Gasteiger partial charge in [0.25, 0.3) is 0 Å². The lowest BCUT2D eigenvalue weighted by Gasteiger charge is -2.32. The molecule has 0 radical (unpaired) electrons. The van der Waals surface area contributed by atoms with Crippen molar-refractivity contribution >= 4 is 11.6 Å². The molecule has 100 valence electrons. The summed E-state index contributed by atoms with van der Waals surface area (Å²) < 4.78 is 10.8. The largest absolute Gasteiger partial charge is 0.490 e. The maximum absolute atomic E-state index is 5.42. The van der Waals surface area contributed by atoms with Crippen molar-refractivity contribution in [2.75, 3.05) is 44.6 Å². The monoisotopic (exact) mass is 252 g/mol. The van der Waals surface area contributed by atoms with E-state index >= 15 is 0 Å². The summed E-state index contributed by atoms with van der Waals surface area (Å²) in [6, 6.07) is 0.437. The highest BCUT2D eigenvalue weighted by molar-refractivity contribution is 5.64. The first kappa shape index (κ1) is 12.9. The Morgan fingerprint density at radius 1 is 1.39 bits per heavy atom. The lowest BCUT2D eigenvalue weighted by atomic mass is 10.1. The molecule has 0 aliphatic carbocycles. The number of nitrogens with one attached hydrogen (secondary N) is 1. The summed E-state index contributed by atoms with van der Waals surface area (Å²) in [6.45, 7) is 1.61. The van der Waals surface area contributed by atoms with Crippen molar-refractivity contribution in [2.24, 2.45) is 0 Å². The molecule has 1 fully saturated rings. The van der Waals surface area contributed by atoms with Gasteiger partial charge in [0, 0.05) is 33.4 Å². The number of rotatable bonds is 4. The molecule has 0 amide bonds. The standard InChI is InChI=1S/C12H20N4O2/c1-13-11-10(17-3)12(15-8-14-11)16(2)9-4-6-18-7-5-9/h8-9H,4-7H2,1-3H3,(H,13,14,15). The first-order valence-electron chi connectivity index (χ1n) is 6.15. The number of ether oxygens (including phenoxy) is 2. The van der Waals surface area contributed by atoms with Gasteiger partial charge < -0.3 is 19.7 Å². The second-order valence-corrected chi connectivity index (χ2v) is 4.28. The molecule has 0 spiro atoms. The van der Waals surface area contributed by atoms with Gasteiger partial charge in [-0.3, -0.25) is 0 Å². The third-order valence-electron chi connectivity index (χ3n) is 3.30. The van der Waals surface area contributed by atoms with Crippen molar-refractivity contribution in [2.45, 2.75) is 18.9 Å². The van der Waals surface area contributed by atoms with Crippen LogP contribution < -0.4 is 15.0 Å². The lowest BCUT2D eigenvalue weighted by molar-refractivity contribution is 0.0852. The van der Waals surface area contributed by atoms with Crippen LogP contribution >= 0.6 is 0 Å². The average molecular weight is 252 g/mol. The van der Waals surface area contributed by atoms with E-state index in [-0.39, 0.29) is 0 Å². The molecular weight excluding hydrogens is 232 g/mol. The Morgan fingerprint density at radius 2 is 2.11 bits per heavy atom. The molecule has 6 nitrogen and oxygen atoms in total. The molecular formula is C12H20N4O2. The van der Waals surface area contributed by atoms with E-state index < -0.39 is 0 Å². The van der Waals surface area contributed by atoms with Crippen molar-refractivity contribution < 1.29 is 9.47 Å². The van der Waals surface area contributed by atoms with Crippen LogP contribution in [-0.4, -0.2) is 50.4 Å². The third-order valence-corrected chi connectivity index (χ3v) is 3.30. The van der Waals surface area contributed by atoms with Crippen LogP contribution in [0.4, 0.5) is 11.6 Å². The van der Waals surface area contributed by atoms with Gasteiger partial charge in [-0.1, -0.05) is 0 Å². The Hall–Kier alpha value is -1.56. The van der Waals surface area contributed by atoms with Gasteiger partial charge in [0.15, 0.2) is 11.6 Å². The quantitative estimate of drug-likeness (QED) is 0.867. The van der Waals surface area contributed by atoms with E-state index in [1.165, 1.54) is 0 Å². The van der Waals surface area contributed by atoms with E-state index in [2.05, 4.69) is 20.2 Å². The summed E-state index contributed by atoms with van der Waals surface area (Å²) in [6.07, 6.45) is 3.58. The summed E-state index contributed by atoms with van der Waals surface area (Å²) in [7, 11) is 5.50. The number of aromatic nitrogens is 2. The van der Waals surface area contributed by atoms with Gasteiger partial charge in [-0.2, -0.15) is 0 Å². The number of anilines is 2. The minimum Gasteiger partial charge on any atom is -0.490 e. The summed E-state index contributed by atoms with van der Waals surface area (Å²) >= 11 is 0. The fourth-order valence-corrected chi connectivity index (χ4v) is 2.23.